The van der Waals surface area contributed by atoms with Crippen molar-refractivity contribution in [2.75, 3.05) is 19.8 Å². The number of nitrogens with one attached hydrogen (secondary N) is 1. The zero-order valence-corrected chi connectivity index (χ0v) is 8.73. The van der Waals surface area contributed by atoms with Gasteiger partial charge in [0.15, 0.2) is 5.76 Å². The molecule has 2 heterocycles. The number of hydrogen-bond donors (Lipinski definition) is 1. The highest BCUT2D eigenvalue weighted by Crippen LogP contribution is 2.14. The van der Waals surface area contributed by atoms with Gasteiger partial charge >= 0.3 is 0 Å². The highest BCUT2D eigenvalue weighted by molar-refractivity contribution is 5.95. The van der Waals surface area contributed by atoms with Crippen LogP contribution in [0.5, 0.6) is 0 Å². The number of rotatable bonds is 3. The first-order chi connectivity index (χ1) is 7.29. The lowest BCUT2D eigenvalue weighted by molar-refractivity contribution is 0.0519. The number of ketones is 1. The summed E-state index contributed by atoms with van der Waals surface area (Å²) in [6.45, 7) is 4.02. The molecule has 1 aliphatic heterocycles. The average Bonchev–Trinajstić information content (AvgIpc) is 2.82. The molecule has 4 heteroatoms. The van der Waals surface area contributed by atoms with Crippen LogP contribution in [-0.4, -0.2) is 31.6 Å². The molecule has 0 spiro atoms. The van der Waals surface area contributed by atoms with Crippen molar-refractivity contribution in [1.82, 2.24) is 5.32 Å². The largest absolute Gasteiger partial charge is 0.461 e. The zero-order chi connectivity index (χ0) is 10.7. The van der Waals surface area contributed by atoms with Gasteiger partial charge in [0.1, 0.15) is 0 Å². The number of morpholine rings is 1. The van der Waals surface area contributed by atoms with Crippen molar-refractivity contribution in [3.8, 4) is 0 Å². The topological polar surface area (TPSA) is 51.5 Å². The van der Waals surface area contributed by atoms with E-state index in [-0.39, 0.29) is 17.7 Å². The lowest BCUT2D eigenvalue weighted by atomic mass is 9.95. The first-order valence-corrected chi connectivity index (χ1v) is 5.18. The number of ether oxygens (including phenoxy) is 1. The van der Waals surface area contributed by atoms with Crippen LogP contribution < -0.4 is 5.32 Å². The molecule has 2 unspecified atom stereocenters. The predicted octanol–water partition coefficient (Wildman–Crippen LogP) is 1.09. The van der Waals surface area contributed by atoms with Crippen LogP contribution >= 0.6 is 0 Å². The van der Waals surface area contributed by atoms with E-state index < -0.39 is 0 Å². The van der Waals surface area contributed by atoms with Crippen molar-refractivity contribution in [1.29, 1.82) is 0 Å². The Morgan fingerprint density at radius 3 is 3.13 bits per heavy atom. The quantitative estimate of drug-likeness (QED) is 0.757. The molecular weight excluding hydrogens is 194 g/mol. The number of carbonyl (C=O) groups is 1. The van der Waals surface area contributed by atoms with Gasteiger partial charge in [0.05, 0.1) is 19.5 Å². The smallest absolute Gasteiger partial charge is 0.202 e. The average molecular weight is 209 g/mol. The van der Waals surface area contributed by atoms with Gasteiger partial charge in [-0.05, 0) is 12.1 Å². The van der Waals surface area contributed by atoms with Gasteiger partial charge in [-0.3, -0.25) is 4.79 Å². The zero-order valence-electron chi connectivity index (χ0n) is 8.73. The van der Waals surface area contributed by atoms with E-state index in [4.69, 9.17) is 9.15 Å². The molecule has 2 atom stereocenters. The van der Waals surface area contributed by atoms with Crippen LogP contribution in [-0.2, 0) is 4.74 Å². The summed E-state index contributed by atoms with van der Waals surface area (Å²) >= 11 is 0. The first kappa shape index (κ1) is 10.4. The summed E-state index contributed by atoms with van der Waals surface area (Å²) in [7, 11) is 0. The van der Waals surface area contributed by atoms with E-state index >= 15 is 0 Å². The Labute approximate surface area is 88.6 Å². The maximum Gasteiger partial charge on any atom is 0.202 e. The molecule has 1 fully saturated rings. The highest BCUT2D eigenvalue weighted by Gasteiger charge is 2.27. The molecule has 0 saturated carbocycles. The number of Topliss-reactive ketones (excluding diaryl/α,β-unsaturated/α-hetero) is 1. The summed E-state index contributed by atoms with van der Waals surface area (Å²) in [5, 5.41) is 3.27. The Morgan fingerprint density at radius 2 is 2.53 bits per heavy atom. The minimum absolute atomic E-state index is 0.0306. The normalized spacial score (nSPS) is 23.7. The van der Waals surface area contributed by atoms with Crippen LogP contribution in [0.15, 0.2) is 22.8 Å². The van der Waals surface area contributed by atoms with Crippen LogP contribution in [0.25, 0.3) is 0 Å². The number of carbonyl (C=O) groups excluding carboxylic acids is 1. The van der Waals surface area contributed by atoms with Crippen LogP contribution in [0, 0.1) is 5.92 Å². The maximum absolute atomic E-state index is 11.9. The molecule has 15 heavy (non-hydrogen) atoms. The van der Waals surface area contributed by atoms with Crippen molar-refractivity contribution in [3.63, 3.8) is 0 Å². The summed E-state index contributed by atoms with van der Waals surface area (Å²) in [5.74, 6) is 0.342. The molecule has 0 aromatic carbocycles. The maximum atomic E-state index is 11.9. The van der Waals surface area contributed by atoms with Crippen LogP contribution in [0.2, 0.25) is 0 Å². The van der Waals surface area contributed by atoms with E-state index in [0.717, 1.165) is 13.2 Å². The Kier molecular flexibility index (Phi) is 3.18. The molecule has 1 N–H and O–H groups in total. The van der Waals surface area contributed by atoms with Crippen LogP contribution in [0.1, 0.15) is 17.5 Å². The SMILES string of the molecule is CC(C(=O)c1ccco1)C1COCCN1. The van der Waals surface area contributed by atoms with Gasteiger partial charge in [-0.25, -0.2) is 0 Å². The number of hydrogen-bond acceptors (Lipinski definition) is 4. The molecule has 4 nitrogen and oxygen atoms in total. The van der Waals surface area contributed by atoms with Gasteiger partial charge in [-0.1, -0.05) is 6.92 Å². The molecule has 1 aromatic rings. The third-order valence-electron chi connectivity index (χ3n) is 2.73. The van der Waals surface area contributed by atoms with Crippen LogP contribution in [0.4, 0.5) is 0 Å². The molecule has 0 bridgehead atoms. The molecule has 0 radical (unpaired) electrons. The Hall–Kier alpha value is -1.13. The van der Waals surface area contributed by atoms with E-state index in [9.17, 15) is 4.79 Å². The minimum Gasteiger partial charge on any atom is -0.461 e. The van der Waals surface area contributed by atoms with Crippen molar-refractivity contribution in [2.45, 2.75) is 13.0 Å². The van der Waals surface area contributed by atoms with Crippen molar-refractivity contribution in [3.05, 3.63) is 24.2 Å². The monoisotopic (exact) mass is 209 g/mol. The van der Waals surface area contributed by atoms with Crippen molar-refractivity contribution >= 4 is 5.78 Å². The van der Waals surface area contributed by atoms with Gasteiger partial charge in [0, 0.05) is 18.5 Å². The Balaban J connectivity index is 2.00. The fourth-order valence-corrected chi connectivity index (χ4v) is 1.73. The summed E-state index contributed by atoms with van der Waals surface area (Å²) < 4.78 is 10.4. The lowest BCUT2D eigenvalue weighted by Crippen LogP contribution is -2.47. The van der Waals surface area contributed by atoms with Gasteiger partial charge in [-0.15, -0.1) is 0 Å². The minimum atomic E-state index is -0.114. The Morgan fingerprint density at radius 1 is 1.67 bits per heavy atom. The van der Waals surface area contributed by atoms with Gasteiger partial charge in [0.25, 0.3) is 0 Å². The fourth-order valence-electron chi connectivity index (χ4n) is 1.73. The van der Waals surface area contributed by atoms with Gasteiger partial charge in [0.2, 0.25) is 5.78 Å². The Bertz CT molecular complexity index is 315. The second-order valence-corrected chi connectivity index (χ2v) is 3.77. The van der Waals surface area contributed by atoms with E-state index in [2.05, 4.69) is 5.32 Å². The summed E-state index contributed by atoms with van der Waals surface area (Å²) in [4.78, 5) is 11.9. The summed E-state index contributed by atoms with van der Waals surface area (Å²) in [6, 6.07) is 3.52. The third-order valence-corrected chi connectivity index (χ3v) is 2.73. The third kappa shape index (κ3) is 2.27. The van der Waals surface area contributed by atoms with E-state index in [1.54, 1.807) is 12.1 Å². The second-order valence-electron chi connectivity index (χ2n) is 3.77. The first-order valence-electron chi connectivity index (χ1n) is 5.18. The highest BCUT2D eigenvalue weighted by atomic mass is 16.5. The second kappa shape index (κ2) is 4.59. The van der Waals surface area contributed by atoms with Crippen molar-refractivity contribution in [2.24, 2.45) is 5.92 Å². The summed E-state index contributed by atoms with van der Waals surface area (Å²) in [6.07, 6.45) is 1.52. The molecule has 1 saturated heterocycles. The van der Waals surface area contributed by atoms with E-state index in [1.807, 2.05) is 6.92 Å². The van der Waals surface area contributed by atoms with E-state index in [0.29, 0.717) is 12.4 Å². The molecule has 2 rings (SSSR count). The molecule has 0 amide bonds. The molecule has 82 valence electrons. The summed E-state index contributed by atoms with van der Waals surface area (Å²) in [5.41, 5.74) is 0. The predicted molar refractivity (Wildman–Crippen MR) is 54.8 cm³/mol. The van der Waals surface area contributed by atoms with Gasteiger partial charge in [-0.2, -0.15) is 0 Å². The lowest BCUT2D eigenvalue weighted by Gasteiger charge is -2.27. The molecule has 0 aliphatic carbocycles. The fraction of sp³-hybridized carbons (Fsp3) is 0.545. The van der Waals surface area contributed by atoms with Crippen molar-refractivity contribution < 1.29 is 13.9 Å². The number of furan rings is 1. The standard InChI is InChI=1S/C11H15NO3/c1-8(9-7-14-6-4-12-9)11(13)10-3-2-5-15-10/h2-3,5,8-9,12H,4,6-7H2,1H3. The van der Waals surface area contributed by atoms with E-state index in [1.165, 1.54) is 6.26 Å². The molecular formula is C11H15NO3. The molecule has 1 aromatic heterocycles. The van der Waals surface area contributed by atoms with Gasteiger partial charge < -0.3 is 14.5 Å². The van der Waals surface area contributed by atoms with Crippen LogP contribution in [0.3, 0.4) is 0 Å². The molecule has 1 aliphatic rings.